The lowest BCUT2D eigenvalue weighted by Crippen LogP contribution is -2.03. The zero-order valence-electron chi connectivity index (χ0n) is 11.5. The number of hydrogen-bond acceptors (Lipinski definition) is 6. The first-order chi connectivity index (χ1) is 9.76. The van der Waals surface area contributed by atoms with E-state index in [4.69, 9.17) is 9.47 Å². The Morgan fingerprint density at radius 1 is 1.25 bits per heavy atom. The van der Waals surface area contributed by atoms with Gasteiger partial charge in [0.15, 0.2) is 5.82 Å². The predicted octanol–water partition coefficient (Wildman–Crippen LogP) is 1.95. The largest absolute Gasteiger partial charge is 0.438 e. The third kappa shape index (κ3) is 3.43. The van der Waals surface area contributed by atoms with E-state index in [1.807, 2.05) is 12.1 Å². The number of nitrogens with one attached hydrogen (secondary N) is 1. The van der Waals surface area contributed by atoms with Gasteiger partial charge in [0.1, 0.15) is 18.2 Å². The molecular weight excluding hydrogens is 258 g/mol. The Morgan fingerprint density at radius 2 is 2.05 bits per heavy atom. The molecule has 2 rings (SSSR count). The standard InChI is InChI=1S/C14H17N3O3/c1-15-12-7-14(17-13(16-12)9-19-2)20-11-6-4-3-5-10(11)8-18/h3-7,18H,8-9H2,1-2H3,(H,15,16,17). The highest BCUT2D eigenvalue weighted by Gasteiger charge is 2.08. The summed E-state index contributed by atoms with van der Waals surface area (Å²) < 4.78 is 10.8. The van der Waals surface area contributed by atoms with Gasteiger partial charge in [0.2, 0.25) is 5.88 Å². The molecule has 1 heterocycles. The summed E-state index contributed by atoms with van der Waals surface area (Å²) in [6, 6.07) is 8.94. The fraction of sp³-hybridized carbons (Fsp3) is 0.286. The van der Waals surface area contributed by atoms with E-state index in [-0.39, 0.29) is 6.61 Å². The molecular formula is C14H17N3O3. The molecule has 1 aromatic carbocycles. The molecule has 2 aromatic rings. The number of anilines is 1. The Hall–Kier alpha value is -2.18. The summed E-state index contributed by atoms with van der Waals surface area (Å²) in [7, 11) is 3.35. The molecule has 0 saturated carbocycles. The molecule has 0 bridgehead atoms. The average molecular weight is 275 g/mol. The van der Waals surface area contributed by atoms with Crippen molar-refractivity contribution in [2.75, 3.05) is 19.5 Å². The summed E-state index contributed by atoms with van der Waals surface area (Å²) in [6.45, 7) is 0.207. The van der Waals surface area contributed by atoms with Crippen molar-refractivity contribution in [3.63, 3.8) is 0 Å². The lowest BCUT2D eigenvalue weighted by Gasteiger charge is -2.11. The monoisotopic (exact) mass is 275 g/mol. The predicted molar refractivity (Wildman–Crippen MR) is 74.7 cm³/mol. The van der Waals surface area contributed by atoms with Crippen LogP contribution in [0.5, 0.6) is 11.6 Å². The van der Waals surface area contributed by atoms with Crippen LogP contribution in [0.4, 0.5) is 5.82 Å². The van der Waals surface area contributed by atoms with Crippen LogP contribution in [0, 0.1) is 0 Å². The van der Waals surface area contributed by atoms with Gasteiger partial charge in [0, 0.05) is 25.8 Å². The minimum atomic E-state index is -0.0922. The second-order valence-corrected chi connectivity index (χ2v) is 4.06. The normalized spacial score (nSPS) is 10.3. The molecule has 1 aromatic heterocycles. The molecule has 0 radical (unpaired) electrons. The maximum atomic E-state index is 9.29. The van der Waals surface area contributed by atoms with E-state index < -0.39 is 0 Å². The Bertz CT molecular complexity index is 575. The summed E-state index contributed by atoms with van der Waals surface area (Å²) in [6.07, 6.45) is 0. The number of benzene rings is 1. The topological polar surface area (TPSA) is 76.5 Å². The van der Waals surface area contributed by atoms with Gasteiger partial charge >= 0.3 is 0 Å². The Labute approximate surface area is 117 Å². The van der Waals surface area contributed by atoms with Crippen molar-refractivity contribution in [2.45, 2.75) is 13.2 Å². The molecule has 0 atom stereocenters. The van der Waals surface area contributed by atoms with Crippen molar-refractivity contribution in [2.24, 2.45) is 0 Å². The minimum absolute atomic E-state index is 0.0922. The quantitative estimate of drug-likeness (QED) is 0.839. The van der Waals surface area contributed by atoms with E-state index >= 15 is 0 Å². The maximum Gasteiger partial charge on any atom is 0.224 e. The molecule has 0 fully saturated rings. The SMILES string of the molecule is CNc1cc(Oc2ccccc2CO)nc(COC)n1. The van der Waals surface area contributed by atoms with Crippen LogP contribution in [0.3, 0.4) is 0 Å². The van der Waals surface area contributed by atoms with Crippen molar-refractivity contribution >= 4 is 5.82 Å². The van der Waals surface area contributed by atoms with Gasteiger partial charge < -0.3 is 19.9 Å². The molecule has 0 aliphatic heterocycles. The highest BCUT2D eigenvalue weighted by Crippen LogP contribution is 2.25. The fourth-order valence-corrected chi connectivity index (χ4v) is 1.69. The van der Waals surface area contributed by atoms with Gasteiger partial charge in [0.05, 0.1) is 6.61 Å². The second kappa shape index (κ2) is 6.83. The number of hydrogen-bond donors (Lipinski definition) is 2. The summed E-state index contributed by atoms with van der Waals surface area (Å²) in [4.78, 5) is 8.51. The van der Waals surface area contributed by atoms with Crippen molar-refractivity contribution in [3.05, 3.63) is 41.7 Å². The molecule has 106 valence electrons. The van der Waals surface area contributed by atoms with E-state index in [1.54, 1.807) is 32.4 Å². The number of para-hydroxylation sites is 1. The number of nitrogens with zero attached hydrogens (tertiary/aromatic N) is 2. The van der Waals surface area contributed by atoms with E-state index in [1.165, 1.54) is 0 Å². The van der Waals surface area contributed by atoms with Gasteiger partial charge in [-0.3, -0.25) is 0 Å². The van der Waals surface area contributed by atoms with Crippen molar-refractivity contribution in [1.82, 2.24) is 9.97 Å². The van der Waals surface area contributed by atoms with Crippen LogP contribution in [-0.4, -0.2) is 29.2 Å². The van der Waals surface area contributed by atoms with Gasteiger partial charge in [-0.2, -0.15) is 4.98 Å². The molecule has 0 spiro atoms. The molecule has 0 aliphatic rings. The summed E-state index contributed by atoms with van der Waals surface area (Å²) >= 11 is 0. The molecule has 0 saturated heterocycles. The number of ether oxygens (including phenoxy) is 2. The first kappa shape index (κ1) is 14.2. The zero-order valence-corrected chi connectivity index (χ0v) is 11.5. The van der Waals surface area contributed by atoms with E-state index in [9.17, 15) is 5.11 Å². The van der Waals surface area contributed by atoms with E-state index in [0.717, 1.165) is 0 Å². The lowest BCUT2D eigenvalue weighted by molar-refractivity contribution is 0.177. The first-order valence-corrected chi connectivity index (χ1v) is 6.18. The van der Waals surface area contributed by atoms with Gasteiger partial charge in [0.25, 0.3) is 0 Å². The average Bonchev–Trinajstić information content (AvgIpc) is 2.48. The first-order valence-electron chi connectivity index (χ1n) is 6.18. The number of aromatic nitrogens is 2. The molecule has 6 heteroatoms. The number of rotatable bonds is 6. The number of aliphatic hydroxyl groups is 1. The molecule has 0 unspecified atom stereocenters. The summed E-state index contributed by atoms with van der Waals surface area (Å²) in [5.74, 6) is 2.13. The fourth-order valence-electron chi connectivity index (χ4n) is 1.69. The number of methoxy groups -OCH3 is 1. The van der Waals surface area contributed by atoms with Crippen molar-refractivity contribution in [3.8, 4) is 11.6 Å². The van der Waals surface area contributed by atoms with Crippen molar-refractivity contribution < 1.29 is 14.6 Å². The highest BCUT2D eigenvalue weighted by atomic mass is 16.5. The van der Waals surface area contributed by atoms with E-state index in [0.29, 0.717) is 35.4 Å². The Morgan fingerprint density at radius 3 is 2.75 bits per heavy atom. The highest BCUT2D eigenvalue weighted by molar-refractivity contribution is 5.41. The molecule has 0 aliphatic carbocycles. The molecule has 20 heavy (non-hydrogen) atoms. The lowest BCUT2D eigenvalue weighted by atomic mass is 10.2. The zero-order chi connectivity index (χ0) is 14.4. The summed E-state index contributed by atoms with van der Waals surface area (Å²) in [5.41, 5.74) is 0.699. The van der Waals surface area contributed by atoms with Crippen LogP contribution >= 0.6 is 0 Å². The number of aliphatic hydroxyl groups excluding tert-OH is 1. The Balaban J connectivity index is 2.30. The molecule has 2 N–H and O–H groups in total. The van der Waals surface area contributed by atoms with Gasteiger partial charge in [-0.1, -0.05) is 18.2 Å². The van der Waals surface area contributed by atoms with Crippen LogP contribution in [0.15, 0.2) is 30.3 Å². The van der Waals surface area contributed by atoms with Gasteiger partial charge in [-0.05, 0) is 6.07 Å². The maximum absolute atomic E-state index is 9.29. The minimum Gasteiger partial charge on any atom is -0.438 e. The molecule has 0 amide bonds. The van der Waals surface area contributed by atoms with Crippen LogP contribution in [0.25, 0.3) is 0 Å². The smallest absolute Gasteiger partial charge is 0.224 e. The van der Waals surface area contributed by atoms with Crippen LogP contribution in [-0.2, 0) is 18.0 Å². The Kier molecular flexibility index (Phi) is 4.86. The van der Waals surface area contributed by atoms with E-state index in [2.05, 4.69) is 15.3 Å². The van der Waals surface area contributed by atoms with Crippen LogP contribution in [0.1, 0.15) is 11.4 Å². The second-order valence-electron chi connectivity index (χ2n) is 4.06. The van der Waals surface area contributed by atoms with Gasteiger partial charge in [-0.15, -0.1) is 0 Å². The third-order valence-electron chi connectivity index (χ3n) is 2.64. The van der Waals surface area contributed by atoms with Crippen LogP contribution < -0.4 is 10.1 Å². The van der Waals surface area contributed by atoms with Gasteiger partial charge in [-0.25, -0.2) is 4.98 Å². The summed E-state index contributed by atoms with van der Waals surface area (Å²) in [5, 5.41) is 12.2. The third-order valence-corrected chi connectivity index (χ3v) is 2.64. The molecule has 6 nitrogen and oxygen atoms in total. The van der Waals surface area contributed by atoms with Crippen LogP contribution in [0.2, 0.25) is 0 Å². The van der Waals surface area contributed by atoms with Crippen molar-refractivity contribution in [1.29, 1.82) is 0 Å².